The third-order valence-electron chi connectivity index (χ3n) is 3.32. The number of fused-ring (bicyclic) bond motifs is 1. The first-order valence-electron chi connectivity index (χ1n) is 5.36. The molecule has 1 aromatic carbocycles. The lowest BCUT2D eigenvalue weighted by Crippen LogP contribution is -2.35. The number of rotatable bonds is 1. The molecule has 1 aromatic heterocycles. The summed E-state index contributed by atoms with van der Waals surface area (Å²) in [5, 5.41) is 0. The third-order valence-corrected chi connectivity index (χ3v) is 3.32. The van der Waals surface area contributed by atoms with Crippen LogP contribution in [0.1, 0.15) is 12.8 Å². The summed E-state index contributed by atoms with van der Waals surface area (Å²) in [5.74, 6) is -0.783. The van der Waals surface area contributed by atoms with E-state index in [1.165, 1.54) is 6.07 Å². The number of aromatic nitrogens is 2. The summed E-state index contributed by atoms with van der Waals surface area (Å²) in [7, 11) is 0. The molecule has 2 aromatic rings. The van der Waals surface area contributed by atoms with Crippen molar-refractivity contribution in [3.63, 3.8) is 0 Å². The SMILES string of the molecule is Nc1nc2cc(F)ccc2n1C1(C(F)(F)F)CC1. The number of hydrogen-bond acceptors (Lipinski definition) is 2. The molecule has 0 unspecified atom stereocenters. The molecular formula is C11H9F4N3. The minimum Gasteiger partial charge on any atom is -0.369 e. The first kappa shape index (κ1) is 11.3. The van der Waals surface area contributed by atoms with Crippen LogP contribution in [0.4, 0.5) is 23.5 Å². The van der Waals surface area contributed by atoms with Crippen molar-refractivity contribution in [2.45, 2.75) is 24.6 Å². The van der Waals surface area contributed by atoms with Crippen LogP contribution in [-0.4, -0.2) is 15.7 Å². The molecule has 0 spiro atoms. The highest BCUT2D eigenvalue weighted by atomic mass is 19.4. The molecule has 0 bridgehead atoms. The maximum atomic E-state index is 13.1. The fourth-order valence-corrected chi connectivity index (χ4v) is 2.27. The monoisotopic (exact) mass is 259 g/mol. The number of benzene rings is 1. The van der Waals surface area contributed by atoms with Crippen molar-refractivity contribution in [1.29, 1.82) is 0 Å². The third kappa shape index (κ3) is 1.33. The van der Waals surface area contributed by atoms with Crippen LogP contribution in [0, 0.1) is 5.82 Å². The average Bonchev–Trinajstić information content (AvgIpc) is 2.97. The average molecular weight is 259 g/mol. The van der Waals surface area contributed by atoms with E-state index >= 15 is 0 Å². The molecule has 1 aliphatic carbocycles. The van der Waals surface area contributed by atoms with Crippen LogP contribution in [0.15, 0.2) is 18.2 Å². The predicted molar refractivity (Wildman–Crippen MR) is 57.4 cm³/mol. The molecule has 1 saturated carbocycles. The highest BCUT2D eigenvalue weighted by Gasteiger charge is 2.65. The Morgan fingerprint density at radius 3 is 2.50 bits per heavy atom. The Bertz CT molecular complexity index is 625. The van der Waals surface area contributed by atoms with Crippen LogP contribution < -0.4 is 5.73 Å². The minimum atomic E-state index is -4.39. The first-order valence-corrected chi connectivity index (χ1v) is 5.36. The zero-order valence-electron chi connectivity index (χ0n) is 9.13. The van der Waals surface area contributed by atoms with Gasteiger partial charge in [0.1, 0.15) is 11.4 Å². The number of imidazole rings is 1. The predicted octanol–water partition coefficient (Wildman–Crippen LogP) is 2.81. The summed E-state index contributed by atoms with van der Waals surface area (Å²) < 4.78 is 53.2. The lowest BCUT2D eigenvalue weighted by Gasteiger charge is -2.22. The largest absolute Gasteiger partial charge is 0.412 e. The molecule has 3 rings (SSSR count). The highest BCUT2D eigenvalue weighted by molar-refractivity contribution is 5.79. The normalized spacial score (nSPS) is 18.2. The van der Waals surface area contributed by atoms with Gasteiger partial charge >= 0.3 is 6.18 Å². The second-order valence-corrected chi connectivity index (χ2v) is 4.47. The first-order chi connectivity index (χ1) is 8.35. The number of hydrogen-bond donors (Lipinski definition) is 1. The molecule has 0 aliphatic heterocycles. The fraction of sp³-hybridized carbons (Fsp3) is 0.364. The lowest BCUT2D eigenvalue weighted by molar-refractivity contribution is -0.178. The van der Waals surface area contributed by atoms with E-state index in [0.29, 0.717) is 0 Å². The molecule has 1 fully saturated rings. The van der Waals surface area contributed by atoms with Crippen LogP contribution in [0.2, 0.25) is 0 Å². The number of alkyl halides is 3. The summed E-state index contributed by atoms with van der Waals surface area (Å²) in [5.41, 5.74) is 3.94. The Hall–Kier alpha value is -1.79. The molecule has 0 radical (unpaired) electrons. The van der Waals surface area contributed by atoms with E-state index in [2.05, 4.69) is 4.98 Å². The number of nitrogens with two attached hydrogens (primary N) is 1. The smallest absolute Gasteiger partial charge is 0.369 e. The van der Waals surface area contributed by atoms with Crippen molar-refractivity contribution in [2.24, 2.45) is 0 Å². The van der Waals surface area contributed by atoms with Gasteiger partial charge in [0.15, 0.2) is 0 Å². The van der Waals surface area contributed by atoms with Crippen LogP contribution in [0.25, 0.3) is 11.0 Å². The molecule has 2 N–H and O–H groups in total. The van der Waals surface area contributed by atoms with E-state index in [1.807, 2.05) is 0 Å². The summed E-state index contributed by atoms with van der Waals surface area (Å²) in [6, 6.07) is 3.46. The number of anilines is 1. The van der Waals surface area contributed by atoms with Gasteiger partial charge in [-0.2, -0.15) is 13.2 Å². The molecule has 7 heteroatoms. The second-order valence-electron chi connectivity index (χ2n) is 4.47. The Morgan fingerprint density at radius 1 is 1.28 bits per heavy atom. The summed E-state index contributed by atoms with van der Waals surface area (Å²) in [6.07, 6.45) is -4.43. The van der Waals surface area contributed by atoms with Gasteiger partial charge in [-0.1, -0.05) is 0 Å². The maximum Gasteiger partial charge on any atom is 0.412 e. The summed E-state index contributed by atoms with van der Waals surface area (Å²) in [4.78, 5) is 3.79. The molecule has 0 atom stereocenters. The van der Waals surface area contributed by atoms with E-state index < -0.39 is 17.5 Å². The zero-order valence-corrected chi connectivity index (χ0v) is 9.13. The van der Waals surface area contributed by atoms with Gasteiger partial charge in [-0.25, -0.2) is 9.37 Å². The minimum absolute atomic E-state index is 0.0243. The summed E-state index contributed by atoms with van der Waals surface area (Å²) >= 11 is 0. The van der Waals surface area contributed by atoms with Gasteiger partial charge in [0.25, 0.3) is 0 Å². The number of nitrogen functional groups attached to an aromatic ring is 1. The van der Waals surface area contributed by atoms with Gasteiger partial charge < -0.3 is 5.73 Å². The van der Waals surface area contributed by atoms with Crippen molar-refractivity contribution in [2.75, 3.05) is 5.73 Å². The van der Waals surface area contributed by atoms with Gasteiger partial charge in [0.05, 0.1) is 11.0 Å². The van der Waals surface area contributed by atoms with Gasteiger partial charge in [-0.15, -0.1) is 0 Å². The standard InChI is InChI=1S/C11H9F4N3/c12-6-1-2-8-7(5-6)17-9(16)18(8)10(3-4-10)11(13,14)15/h1-2,5H,3-4H2,(H2,16,17). The fourth-order valence-electron chi connectivity index (χ4n) is 2.27. The maximum absolute atomic E-state index is 13.1. The Labute approximate surface area is 99.2 Å². The lowest BCUT2D eigenvalue weighted by atomic mass is 10.2. The molecule has 0 amide bonds. The van der Waals surface area contributed by atoms with Crippen LogP contribution in [0.3, 0.4) is 0 Å². The summed E-state index contributed by atoms with van der Waals surface area (Å²) in [6.45, 7) is 0. The van der Waals surface area contributed by atoms with Gasteiger partial charge in [-0.3, -0.25) is 4.57 Å². The van der Waals surface area contributed by atoms with Crippen LogP contribution in [-0.2, 0) is 5.54 Å². The van der Waals surface area contributed by atoms with E-state index in [4.69, 9.17) is 5.73 Å². The van der Waals surface area contributed by atoms with Gasteiger partial charge in [0, 0.05) is 6.07 Å². The quantitative estimate of drug-likeness (QED) is 0.800. The number of halogens is 4. The molecule has 1 aliphatic rings. The Kier molecular flexibility index (Phi) is 1.98. The van der Waals surface area contributed by atoms with E-state index in [0.717, 1.165) is 16.7 Å². The molecular weight excluding hydrogens is 250 g/mol. The second kappa shape index (κ2) is 3.15. The molecule has 18 heavy (non-hydrogen) atoms. The molecule has 3 nitrogen and oxygen atoms in total. The van der Waals surface area contributed by atoms with Crippen molar-refractivity contribution in [3.05, 3.63) is 24.0 Å². The Balaban J connectivity index is 2.27. The number of nitrogens with zero attached hydrogens (tertiary/aromatic N) is 2. The van der Waals surface area contributed by atoms with Crippen molar-refractivity contribution in [3.8, 4) is 0 Å². The molecule has 96 valence electrons. The topological polar surface area (TPSA) is 43.8 Å². The van der Waals surface area contributed by atoms with Crippen molar-refractivity contribution in [1.82, 2.24) is 9.55 Å². The van der Waals surface area contributed by atoms with Gasteiger partial charge in [-0.05, 0) is 25.0 Å². The molecule has 0 saturated heterocycles. The van der Waals surface area contributed by atoms with E-state index in [1.54, 1.807) is 0 Å². The van der Waals surface area contributed by atoms with Gasteiger partial charge in [0.2, 0.25) is 5.95 Å². The van der Waals surface area contributed by atoms with Crippen molar-refractivity contribution < 1.29 is 17.6 Å². The Morgan fingerprint density at radius 2 is 1.94 bits per heavy atom. The van der Waals surface area contributed by atoms with Crippen LogP contribution >= 0.6 is 0 Å². The van der Waals surface area contributed by atoms with Crippen molar-refractivity contribution >= 4 is 17.0 Å². The molecule has 1 heterocycles. The van der Waals surface area contributed by atoms with E-state index in [9.17, 15) is 17.6 Å². The van der Waals surface area contributed by atoms with Crippen LogP contribution in [0.5, 0.6) is 0 Å². The zero-order chi connectivity index (χ0) is 13.1. The highest BCUT2D eigenvalue weighted by Crippen LogP contribution is 2.57. The van der Waals surface area contributed by atoms with E-state index in [-0.39, 0.29) is 29.8 Å².